The molecule has 0 aromatic carbocycles. The van der Waals surface area contributed by atoms with Crippen LogP contribution in [-0.2, 0) is 4.74 Å². The number of Topliss-reactive ketones (excluding diaryl/α,β-unsaturated/α-hetero) is 1. The van der Waals surface area contributed by atoms with Crippen LogP contribution in [0.5, 0.6) is 0 Å². The lowest BCUT2D eigenvalue weighted by Crippen LogP contribution is -2.12. The van der Waals surface area contributed by atoms with Gasteiger partial charge in [-0.15, -0.1) is 5.10 Å². The average molecular weight is 194 g/mol. The van der Waals surface area contributed by atoms with Crippen LogP contribution in [0.2, 0.25) is 0 Å². The highest BCUT2D eigenvalue weighted by atomic mass is 16.5. The van der Waals surface area contributed by atoms with Crippen LogP contribution in [0.15, 0.2) is 12.3 Å². The summed E-state index contributed by atoms with van der Waals surface area (Å²) < 4.78 is 4.76. The molecule has 0 bridgehead atoms. The van der Waals surface area contributed by atoms with Crippen LogP contribution in [0, 0.1) is 0 Å². The van der Waals surface area contributed by atoms with E-state index in [4.69, 9.17) is 4.74 Å². The van der Waals surface area contributed by atoms with E-state index in [-0.39, 0.29) is 23.6 Å². The molecule has 0 radical (unpaired) electrons. The molecule has 0 aliphatic rings. The van der Waals surface area contributed by atoms with E-state index in [9.17, 15) is 9.59 Å². The second kappa shape index (κ2) is 4.45. The Bertz CT molecular complexity index is 363. The molecule has 0 unspecified atom stereocenters. The van der Waals surface area contributed by atoms with Crippen LogP contribution in [0.4, 0.5) is 0 Å². The molecule has 1 rings (SSSR count). The highest BCUT2D eigenvalue weighted by Gasteiger charge is 2.16. The second-order valence-electron chi connectivity index (χ2n) is 2.57. The first-order valence-electron chi connectivity index (χ1n) is 4.16. The van der Waals surface area contributed by atoms with Crippen molar-refractivity contribution >= 4 is 11.8 Å². The van der Waals surface area contributed by atoms with Crippen molar-refractivity contribution in [2.45, 2.75) is 13.8 Å². The SMILES string of the molecule is CCOC(=O)c1ccnnc1C(C)=O. The summed E-state index contributed by atoms with van der Waals surface area (Å²) in [5.41, 5.74) is 0.209. The lowest BCUT2D eigenvalue weighted by Gasteiger charge is -2.03. The molecule has 0 aliphatic carbocycles. The molecule has 14 heavy (non-hydrogen) atoms. The Balaban J connectivity index is 3.07. The Labute approximate surface area is 81.1 Å². The summed E-state index contributed by atoms with van der Waals surface area (Å²) in [5.74, 6) is -0.853. The van der Waals surface area contributed by atoms with Crippen molar-refractivity contribution in [1.29, 1.82) is 0 Å². The van der Waals surface area contributed by atoms with Gasteiger partial charge in [0.2, 0.25) is 0 Å². The van der Waals surface area contributed by atoms with Crippen molar-refractivity contribution < 1.29 is 14.3 Å². The van der Waals surface area contributed by atoms with E-state index in [2.05, 4.69) is 10.2 Å². The second-order valence-corrected chi connectivity index (χ2v) is 2.57. The zero-order valence-electron chi connectivity index (χ0n) is 7.98. The van der Waals surface area contributed by atoms with E-state index < -0.39 is 5.97 Å². The van der Waals surface area contributed by atoms with Gasteiger partial charge in [-0.05, 0) is 13.0 Å². The van der Waals surface area contributed by atoms with Gasteiger partial charge in [0.15, 0.2) is 5.78 Å². The zero-order valence-corrected chi connectivity index (χ0v) is 7.98. The molecule has 1 heterocycles. The summed E-state index contributed by atoms with van der Waals surface area (Å²) in [6.07, 6.45) is 1.35. The third kappa shape index (κ3) is 2.12. The van der Waals surface area contributed by atoms with Crippen LogP contribution in [0.25, 0.3) is 0 Å². The van der Waals surface area contributed by atoms with Gasteiger partial charge in [-0.25, -0.2) is 4.79 Å². The van der Waals surface area contributed by atoms with E-state index in [1.165, 1.54) is 19.2 Å². The van der Waals surface area contributed by atoms with Gasteiger partial charge in [-0.1, -0.05) is 0 Å². The first kappa shape index (κ1) is 10.3. The highest BCUT2D eigenvalue weighted by Crippen LogP contribution is 2.06. The molecule has 0 atom stereocenters. The van der Waals surface area contributed by atoms with Gasteiger partial charge >= 0.3 is 5.97 Å². The fraction of sp³-hybridized carbons (Fsp3) is 0.333. The van der Waals surface area contributed by atoms with Crippen LogP contribution in [0.3, 0.4) is 0 Å². The molecule has 0 spiro atoms. The molecule has 0 fully saturated rings. The molecule has 5 nitrogen and oxygen atoms in total. The zero-order chi connectivity index (χ0) is 10.6. The number of hydrogen-bond donors (Lipinski definition) is 0. The number of ether oxygens (including phenoxy) is 1. The minimum Gasteiger partial charge on any atom is -0.462 e. The maximum Gasteiger partial charge on any atom is 0.340 e. The normalized spacial score (nSPS) is 9.57. The quantitative estimate of drug-likeness (QED) is 0.527. The Hall–Kier alpha value is -1.78. The predicted octanol–water partition coefficient (Wildman–Crippen LogP) is 0.856. The lowest BCUT2D eigenvalue weighted by molar-refractivity contribution is 0.0522. The minimum absolute atomic E-state index is 0.0472. The van der Waals surface area contributed by atoms with Gasteiger partial charge in [0.05, 0.1) is 18.4 Å². The molecule has 1 aromatic heterocycles. The first-order valence-corrected chi connectivity index (χ1v) is 4.16. The lowest BCUT2D eigenvalue weighted by atomic mass is 10.1. The number of carbonyl (C=O) groups excluding carboxylic acids is 2. The van der Waals surface area contributed by atoms with Crippen molar-refractivity contribution in [3.8, 4) is 0 Å². The van der Waals surface area contributed by atoms with E-state index >= 15 is 0 Å². The number of hydrogen-bond acceptors (Lipinski definition) is 5. The van der Waals surface area contributed by atoms with Crippen LogP contribution >= 0.6 is 0 Å². The fourth-order valence-electron chi connectivity index (χ4n) is 0.965. The summed E-state index contributed by atoms with van der Waals surface area (Å²) >= 11 is 0. The molecule has 1 aromatic rings. The van der Waals surface area contributed by atoms with Gasteiger partial charge in [-0.2, -0.15) is 5.10 Å². The smallest absolute Gasteiger partial charge is 0.340 e. The number of rotatable bonds is 3. The minimum atomic E-state index is -0.549. The van der Waals surface area contributed by atoms with Gasteiger partial charge in [0.25, 0.3) is 0 Å². The monoisotopic (exact) mass is 194 g/mol. The van der Waals surface area contributed by atoms with Gasteiger partial charge < -0.3 is 4.74 Å². The van der Waals surface area contributed by atoms with E-state index in [0.29, 0.717) is 0 Å². The molecule has 0 saturated carbocycles. The molecular weight excluding hydrogens is 184 g/mol. The number of aromatic nitrogens is 2. The topological polar surface area (TPSA) is 69.2 Å². The highest BCUT2D eigenvalue weighted by molar-refractivity contribution is 6.03. The number of carbonyl (C=O) groups is 2. The Morgan fingerprint density at radius 2 is 2.21 bits per heavy atom. The van der Waals surface area contributed by atoms with E-state index in [1.54, 1.807) is 6.92 Å². The van der Waals surface area contributed by atoms with Crippen molar-refractivity contribution in [1.82, 2.24) is 10.2 Å². The van der Waals surface area contributed by atoms with Crippen molar-refractivity contribution in [2.24, 2.45) is 0 Å². The van der Waals surface area contributed by atoms with Gasteiger partial charge in [0.1, 0.15) is 5.69 Å². The maximum atomic E-state index is 11.3. The summed E-state index contributed by atoms with van der Waals surface area (Å²) in [4.78, 5) is 22.4. The molecular formula is C9H10N2O3. The van der Waals surface area contributed by atoms with Gasteiger partial charge in [0, 0.05) is 6.92 Å². The van der Waals surface area contributed by atoms with E-state index in [0.717, 1.165) is 0 Å². The average Bonchev–Trinajstić information content (AvgIpc) is 2.18. The maximum absolute atomic E-state index is 11.3. The summed E-state index contributed by atoms with van der Waals surface area (Å²) in [6, 6.07) is 1.42. The third-order valence-corrected chi connectivity index (χ3v) is 1.55. The Morgan fingerprint density at radius 1 is 1.50 bits per heavy atom. The largest absolute Gasteiger partial charge is 0.462 e. The molecule has 0 amide bonds. The molecule has 0 saturated heterocycles. The fourth-order valence-corrected chi connectivity index (χ4v) is 0.965. The third-order valence-electron chi connectivity index (χ3n) is 1.55. The summed E-state index contributed by atoms with van der Waals surface area (Å²) in [6.45, 7) is 3.28. The molecule has 0 N–H and O–H groups in total. The van der Waals surface area contributed by atoms with Crippen molar-refractivity contribution in [3.05, 3.63) is 23.5 Å². The predicted molar refractivity (Wildman–Crippen MR) is 48.0 cm³/mol. The first-order chi connectivity index (χ1) is 6.66. The standard InChI is InChI=1S/C9H10N2O3/c1-3-14-9(13)7-4-5-10-11-8(7)6(2)12/h4-5H,3H2,1-2H3. The Morgan fingerprint density at radius 3 is 2.79 bits per heavy atom. The van der Waals surface area contributed by atoms with Gasteiger partial charge in [-0.3, -0.25) is 4.79 Å². The number of esters is 1. The molecule has 74 valence electrons. The van der Waals surface area contributed by atoms with Crippen LogP contribution in [0.1, 0.15) is 34.7 Å². The molecule has 0 aliphatic heterocycles. The summed E-state index contributed by atoms with van der Waals surface area (Å²) in [5, 5.41) is 7.11. The number of ketones is 1. The Kier molecular flexibility index (Phi) is 3.28. The van der Waals surface area contributed by atoms with Crippen LogP contribution in [-0.4, -0.2) is 28.6 Å². The molecule has 5 heteroatoms. The van der Waals surface area contributed by atoms with Crippen LogP contribution < -0.4 is 0 Å². The van der Waals surface area contributed by atoms with E-state index in [1.807, 2.05) is 0 Å². The summed E-state index contributed by atoms with van der Waals surface area (Å²) in [7, 11) is 0. The van der Waals surface area contributed by atoms with Crippen molar-refractivity contribution in [2.75, 3.05) is 6.61 Å². The number of nitrogens with zero attached hydrogens (tertiary/aromatic N) is 2. The van der Waals surface area contributed by atoms with Crippen molar-refractivity contribution in [3.63, 3.8) is 0 Å².